The summed E-state index contributed by atoms with van der Waals surface area (Å²) in [6.45, 7) is 5.24. The number of carbonyl (C=O) groups is 1. The second kappa shape index (κ2) is 7.71. The molecule has 0 spiro atoms. The molecule has 2 rings (SSSR count). The van der Waals surface area contributed by atoms with E-state index in [9.17, 15) is 22.4 Å². The van der Waals surface area contributed by atoms with E-state index in [4.69, 9.17) is 4.42 Å². The molecule has 0 bridgehead atoms. The van der Waals surface area contributed by atoms with Gasteiger partial charge in [-0.1, -0.05) is 26.0 Å². The van der Waals surface area contributed by atoms with Crippen molar-refractivity contribution in [1.29, 1.82) is 0 Å². The van der Waals surface area contributed by atoms with E-state index in [1.54, 1.807) is 6.92 Å². The molecule has 0 aliphatic carbocycles. The van der Waals surface area contributed by atoms with Gasteiger partial charge < -0.3 is 14.5 Å². The van der Waals surface area contributed by atoms with E-state index in [2.05, 4.69) is 20.3 Å². The number of benzene rings is 1. The van der Waals surface area contributed by atoms with Crippen molar-refractivity contribution in [2.45, 2.75) is 45.3 Å². The zero-order chi connectivity index (χ0) is 19.5. The molecule has 6 nitrogen and oxygen atoms in total. The van der Waals surface area contributed by atoms with Crippen molar-refractivity contribution in [2.75, 3.05) is 0 Å². The third-order valence-electron chi connectivity index (χ3n) is 3.30. The van der Waals surface area contributed by atoms with E-state index >= 15 is 0 Å². The van der Waals surface area contributed by atoms with Gasteiger partial charge in [0.05, 0.1) is 5.56 Å². The number of hydrogen-bond donors (Lipinski definition) is 1. The van der Waals surface area contributed by atoms with Gasteiger partial charge >= 0.3 is 12.5 Å². The average Bonchev–Trinajstić information content (AvgIpc) is 3.05. The molecule has 0 aliphatic rings. The first-order chi connectivity index (χ1) is 12.1. The first kappa shape index (κ1) is 19.7. The van der Waals surface area contributed by atoms with Crippen LogP contribution in [0.1, 0.15) is 54.9 Å². The third kappa shape index (κ3) is 4.50. The largest absolute Gasteiger partial charge is 0.461 e. The quantitative estimate of drug-likeness (QED) is 0.742. The molecule has 1 heterocycles. The van der Waals surface area contributed by atoms with Crippen LogP contribution in [0.3, 0.4) is 0 Å². The van der Waals surface area contributed by atoms with Gasteiger partial charge in [-0.15, -0.1) is 10.2 Å². The summed E-state index contributed by atoms with van der Waals surface area (Å²) in [6, 6.07) is 4.11. The Bertz CT molecular complexity index is 765. The molecule has 0 aliphatic heterocycles. The van der Waals surface area contributed by atoms with E-state index < -0.39 is 30.2 Å². The molecule has 0 radical (unpaired) electrons. The van der Waals surface area contributed by atoms with Gasteiger partial charge in [0.1, 0.15) is 11.8 Å². The average molecular weight is 375 g/mol. The number of ether oxygens (including phenoxy) is 1. The summed E-state index contributed by atoms with van der Waals surface area (Å²) in [5.41, 5.74) is -0.330. The van der Waals surface area contributed by atoms with E-state index in [0.29, 0.717) is 5.89 Å². The molecule has 0 fully saturated rings. The lowest BCUT2D eigenvalue weighted by Crippen LogP contribution is -2.35. The highest BCUT2D eigenvalue weighted by molar-refractivity contribution is 5.97. The first-order valence-corrected chi connectivity index (χ1v) is 7.70. The molecule has 1 unspecified atom stereocenters. The molecule has 0 saturated heterocycles. The minimum Gasteiger partial charge on any atom is -0.427 e. The van der Waals surface area contributed by atoms with Crippen LogP contribution in [0.15, 0.2) is 28.7 Å². The number of carbonyl (C=O) groups excluding carboxylic acids is 1. The smallest absolute Gasteiger partial charge is 0.427 e. The normalized spacial score (nSPS) is 13.1. The molecule has 26 heavy (non-hydrogen) atoms. The Balaban J connectivity index is 2.16. The number of aromatic nitrogens is 2. The number of amides is 1. The van der Waals surface area contributed by atoms with Gasteiger partial charge in [0.15, 0.2) is 0 Å². The van der Waals surface area contributed by atoms with E-state index in [1.165, 1.54) is 18.2 Å². The maximum atomic E-state index is 13.1. The molecule has 1 atom stereocenters. The lowest BCUT2D eigenvalue weighted by atomic mass is 10.1. The SMILES string of the molecule is CC(C)c1nnc(C(C)NC(=O)c2ccccc2OC(F)(F)C(F)F)o1. The van der Waals surface area contributed by atoms with Crippen LogP contribution in [0.5, 0.6) is 5.75 Å². The Morgan fingerprint density at radius 2 is 1.77 bits per heavy atom. The Labute approximate surface area is 146 Å². The molecular formula is C16H17F4N3O3. The number of para-hydroxylation sites is 1. The molecule has 2 aromatic rings. The zero-order valence-corrected chi connectivity index (χ0v) is 14.2. The molecule has 142 valence electrons. The molecular weight excluding hydrogens is 358 g/mol. The van der Waals surface area contributed by atoms with Gasteiger partial charge in [-0.25, -0.2) is 0 Å². The topological polar surface area (TPSA) is 77.2 Å². The molecule has 1 amide bonds. The van der Waals surface area contributed by atoms with Crippen molar-refractivity contribution in [2.24, 2.45) is 0 Å². The molecule has 1 aromatic heterocycles. The molecule has 1 N–H and O–H groups in total. The highest BCUT2D eigenvalue weighted by atomic mass is 19.3. The first-order valence-electron chi connectivity index (χ1n) is 7.70. The number of nitrogens with one attached hydrogen (secondary N) is 1. The van der Waals surface area contributed by atoms with Crippen molar-refractivity contribution < 1.29 is 31.5 Å². The summed E-state index contributed by atoms with van der Waals surface area (Å²) in [5, 5.41) is 10.1. The minimum atomic E-state index is -4.72. The molecule has 0 saturated carbocycles. The highest BCUT2D eigenvalue weighted by Gasteiger charge is 2.44. The fourth-order valence-corrected chi connectivity index (χ4v) is 1.93. The van der Waals surface area contributed by atoms with E-state index in [1.807, 2.05) is 13.8 Å². The van der Waals surface area contributed by atoms with Crippen LogP contribution >= 0.6 is 0 Å². The maximum absolute atomic E-state index is 13.1. The van der Waals surface area contributed by atoms with Gasteiger partial charge in [-0.05, 0) is 19.1 Å². The Kier molecular flexibility index (Phi) is 5.83. The van der Waals surface area contributed by atoms with Gasteiger partial charge in [0.2, 0.25) is 11.8 Å². The number of alkyl halides is 4. The van der Waals surface area contributed by atoms with Crippen LogP contribution in [0.2, 0.25) is 0 Å². The minimum absolute atomic E-state index is 0.00939. The monoisotopic (exact) mass is 375 g/mol. The summed E-state index contributed by atoms with van der Waals surface area (Å²) in [4.78, 5) is 12.3. The van der Waals surface area contributed by atoms with Crippen molar-refractivity contribution in [1.82, 2.24) is 15.5 Å². The summed E-state index contributed by atoms with van der Waals surface area (Å²) in [5.74, 6) is -0.997. The van der Waals surface area contributed by atoms with Crippen molar-refractivity contribution in [3.05, 3.63) is 41.6 Å². The summed E-state index contributed by atoms with van der Waals surface area (Å²) >= 11 is 0. The number of halogens is 4. The summed E-state index contributed by atoms with van der Waals surface area (Å²) < 4.78 is 60.4. The van der Waals surface area contributed by atoms with Crippen LogP contribution in [-0.2, 0) is 0 Å². The fraction of sp³-hybridized carbons (Fsp3) is 0.438. The predicted octanol–water partition coefficient (Wildman–Crippen LogP) is 3.92. The predicted molar refractivity (Wildman–Crippen MR) is 82.3 cm³/mol. The number of nitrogens with zero attached hydrogens (tertiary/aromatic N) is 2. The van der Waals surface area contributed by atoms with Gasteiger partial charge in [0, 0.05) is 5.92 Å². The standard InChI is InChI=1S/C16H17F4N3O3/c1-8(2)13-22-23-14(25-13)9(3)21-12(24)10-6-4-5-7-11(10)26-16(19,20)15(17)18/h4-9,15H,1-3H3,(H,21,24). The Hall–Kier alpha value is -2.65. The van der Waals surface area contributed by atoms with E-state index in [0.717, 1.165) is 6.07 Å². The molecule has 10 heteroatoms. The fourth-order valence-electron chi connectivity index (χ4n) is 1.93. The van der Waals surface area contributed by atoms with Crippen molar-refractivity contribution in [3.63, 3.8) is 0 Å². The van der Waals surface area contributed by atoms with Crippen LogP contribution in [0.25, 0.3) is 0 Å². The second-order valence-electron chi connectivity index (χ2n) is 5.79. The highest BCUT2D eigenvalue weighted by Crippen LogP contribution is 2.30. The lowest BCUT2D eigenvalue weighted by molar-refractivity contribution is -0.253. The molecule has 1 aromatic carbocycles. The second-order valence-corrected chi connectivity index (χ2v) is 5.79. The number of rotatable bonds is 7. The van der Waals surface area contributed by atoms with Crippen molar-refractivity contribution >= 4 is 5.91 Å². The van der Waals surface area contributed by atoms with Gasteiger partial charge in [0.25, 0.3) is 5.91 Å². The van der Waals surface area contributed by atoms with Crippen LogP contribution in [0, 0.1) is 0 Å². The van der Waals surface area contributed by atoms with Gasteiger partial charge in [-0.2, -0.15) is 17.6 Å². The number of hydrogen-bond acceptors (Lipinski definition) is 5. The van der Waals surface area contributed by atoms with E-state index in [-0.39, 0.29) is 17.4 Å². The lowest BCUT2D eigenvalue weighted by Gasteiger charge is -2.19. The summed E-state index contributed by atoms with van der Waals surface area (Å²) in [6.07, 6.45) is -8.76. The van der Waals surface area contributed by atoms with Crippen LogP contribution in [-0.4, -0.2) is 28.6 Å². The van der Waals surface area contributed by atoms with Crippen molar-refractivity contribution in [3.8, 4) is 5.75 Å². The van der Waals surface area contributed by atoms with Crippen LogP contribution in [0.4, 0.5) is 17.6 Å². The van der Waals surface area contributed by atoms with Crippen LogP contribution < -0.4 is 10.1 Å². The maximum Gasteiger partial charge on any atom is 0.461 e. The zero-order valence-electron chi connectivity index (χ0n) is 14.2. The van der Waals surface area contributed by atoms with Gasteiger partial charge in [-0.3, -0.25) is 4.79 Å². The summed E-state index contributed by atoms with van der Waals surface area (Å²) in [7, 11) is 0. The Morgan fingerprint density at radius 1 is 1.15 bits per heavy atom. The third-order valence-corrected chi connectivity index (χ3v) is 3.30. The Morgan fingerprint density at radius 3 is 2.35 bits per heavy atom.